The van der Waals surface area contributed by atoms with E-state index >= 15 is 0 Å². The van der Waals surface area contributed by atoms with Crippen LogP contribution in [0.5, 0.6) is 5.75 Å². The third kappa shape index (κ3) is 16.8. The minimum atomic E-state index is -1.14. The number of phenolic OH excluding ortho intramolecular Hbond substituents is 1. The summed E-state index contributed by atoms with van der Waals surface area (Å²) >= 11 is 0. The van der Waals surface area contributed by atoms with Gasteiger partial charge in [0.05, 0.1) is 24.4 Å². The number of aliphatic hydroxyl groups is 4. The Morgan fingerprint density at radius 1 is 0.944 bits per heavy atom. The summed E-state index contributed by atoms with van der Waals surface area (Å²) in [6.07, 6.45) is 14.4. The zero-order valence-electron chi connectivity index (χ0n) is 33.6. The van der Waals surface area contributed by atoms with Crippen molar-refractivity contribution in [3.05, 3.63) is 88.5 Å². The molecule has 0 saturated heterocycles. The number of hydrogen-bond donors (Lipinski definition) is 7. The van der Waals surface area contributed by atoms with E-state index in [0.717, 1.165) is 80.9 Å². The summed E-state index contributed by atoms with van der Waals surface area (Å²) in [6.45, 7) is 8.24. The molecule has 0 radical (unpaired) electrons. The molecule has 7 N–H and O–H groups in total. The van der Waals surface area contributed by atoms with Gasteiger partial charge in [-0.1, -0.05) is 108 Å². The maximum absolute atomic E-state index is 11.8. The third-order valence-corrected chi connectivity index (χ3v) is 11.2. The SMILES string of the molecule is CCCCCC(O)C=CC1=C(CC(O)CO)C(NCC(C)(O)Cc2ccc(O)cc2)C(CCC(CCC(=O)O)CCC(C)C)CCc2ccccc2CC1. The molecule has 0 fully saturated rings. The van der Waals surface area contributed by atoms with Gasteiger partial charge in [-0.3, -0.25) is 4.79 Å². The van der Waals surface area contributed by atoms with Crippen molar-refractivity contribution in [1.82, 2.24) is 5.32 Å². The van der Waals surface area contributed by atoms with Gasteiger partial charge in [0, 0.05) is 25.4 Å². The number of fused-ring (bicyclic) bond motifs is 1. The fraction of sp³-hybridized carbons (Fsp3) is 0.630. The smallest absolute Gasteiger partial charge is 0.303 e. The van der Waals surface area contributed by atoms with Crippen molar-refractivity contribution < 1.29 is 35.4 Å². The second kappa shape index (κ2) is 23.8. The van der Waals surface area contributed by atoms with E-state index in [0.29, 0.717) is 31.6 Å². The molecule has 302 valence electrons. The molecule has 54 heavy (non-hydrogen) atoms. The number of carboxylic acid groups (broad SMARTS) is 1. The predicted molar refractivity (Wildman–Crippen MR) is 218 cm³/mol. The van der Waals surface area contributed by atoms with E-state index in [4.69, 9.17) is 0 Å². The van der Waals surface area contributed by atoms with Crippen LogP contribution in [0.3, 0.4) is 0 Å². The highest BCUT2D eigenvalue weighted by Crippen LogP contribution is 2.35. The molecule has 1 aliphatic carbocycles. The number of aryl methyl sites for hydroxylation is 2. The Morgan fingerprint density at radius 2 is 1.65 bits per heavy atom. The van der Waals surface area contributed by atoms with Crippen LogP contribution in [-0.4, -0.2) is 73.6 Å². The quantitative estimate of drug-likeness (QED) is 0.0564. The van der Waals surface area contributed by atoms with Gasteiger partial charge in [-0.25, -0.2) is 0 Å². The number of phenols is 1. The van der Waals surface area contributed by atoms with Gasteiger partial charge < -0.3 is 36.0 Å². The van der Waals surface area contributed by atoms with E-state index in [1.54, 1.807) is 12.1 Å². The maximum atomic E-state index is 11.8. The van der Waals surface area contributed by atoms with E-state index in [2.05, 4.69) is 50.4 Å². The minimum absolute atomic E-state index is 0.0748. The molecule has 6 atom stereocenters. The second-order valence-corrected chi connectivity index (χ2v) is 16.6. The zero-order chi connectivity index (χ0) is 39.5. The van der Waals surface area contributed by atoms with Crippen molar-refractivity contribution in [2.75, 3.05) is 13.2 Å². The molecular formula is C46H71NO7. The summed E-state index contributed by atoms with van der Waals surface area (Å²) in [4.78, 5) is 11.7. The molecule has 1 aliphatic rings. The molecule has 6 unspecified atom stereocenters. The standard InChI is InChI=1S/C46H71NO7/c1-5-6-7-12-40(49)27-24-38-22-20-36-10-8-9-11-37(36)21-23-39(19-15-34(14-13-33(2)3)18-28-44(52)53)45(43(38)29-42(51)31-48)47-32-46(4,54)30-35-16-25-41(50)26-17-35/h8-11,16-17,24-27,33-34,39-40,42,45,47-51,54H,5-7,12-15,18-23,28-32H2,1-4H3,(H,52,53). The summed E-state index contributed by atoms with van der Waals surface area (Å²) in [5, 5.41) is 67.3. The van der Waals surface area contributed by atoms with Gasteiger partial charge in [0.2, 0.25) is 0 Å². The first-order valence-electron chi connectivity index (χ1n) is 20.7. The number of allylic oxidation sites excluding steroid dienone is 2. The third-order valence-electron chi connectivity index (χ3n) is 11.2. The Kier molecular flexibility index (Phi) is 20.0. The van der Waals surface area contributed by atoms with Gasteiger partial charge in [-0.2, -0.15) is 0 Å². The normalized spacial score (nSPS) is 19.7. The number of aliphatic hydroxyl groups excluding tert-OH is 3. The van der Waals surface area contributed by atoms with Crippen LogP contribution in [0, 0.1) is 17.8 Å². The number of aliphatic carboxylic acids is 1. The maximum Gasteiger partial charge on any atom is 0.303 e. The number of hydrogen-bond acceptors (Lipinski definition) is 7. The van der Waals surface area contributed by atoms with Crippen molar-refractivity contribution in [2.24, 2.45) is 17.8 Å². The second-order valence-electron chi connectivity index (χ2n) is 16.6. The lowest BCUT2D eigenvalue weighted by Gasteiger charge is -2.37. The van der Waals surface area contributed by atoms with Crippen LogP contribution in [0.25, 0.3) is 0 Å². The first-order chi connectivity index (χ1) is 25.8. The molecule has 0 heterocycles. The molecule has 0 aromatic heterocycles. The van der Waals surface area contributed by atoms with Gasteiger partial charge in [0.1, 0.15) is 5.75 Å². The first-order valence-corrected chi connectivity index (χ1v) is 20.7. The van der Waals surface area contributed by atoms with E-state index in [-0.39, 0.29) is 49.6 Å². The predicted octanol–water partition coefficient (Wildman–Crippen LogP) is 8.07. The van der Waals surface area contributed by atoms with Crippen LogP contribution in [0.2, 0.25) is 0 Å². The van der Waals surface area contributed by atoms with Crippen LogP contribution >= 0.6 is 0 Å². The monoisotopic (exact) mass is 750 g/mol. The summed E-state index contributed by atoms with van der Waals surface area (Å²) in [5.41, 5.74) is 4.37. The van der Waals surface area contributed by atoms with E-state index in [1.807, 2.05) is 31.2 Å². The number of benzene rings is 2. The largest absolute Gasteiger partial charge is 0.508 e. The van der Waals surface area contributed by atoms with Crippen molar-refractivity contribution >= 4 is 5.97 Å². The number of rotatable bonds is 23. The van der Waals surface area contributed by atoms with E-state index in [1.165, 1.54) is 11.1 Å². The average molecular weight is 750 g/mol. The molecule has 2 aromatic rings. The Morgan fingerprint density at radius 3 is 2.30 bits per heavy atom. The number of carboxylic acids is 1. The molecular weight excluding hydrogens is 679 g/mol. The molecule has 8 heteroatoms. The van der Waals surface area contributed by atoms with Crippen LogP contribution in [0.1, 0.15) is 128 Å². The number of unbranched alkanes of at least 4 members (excludes halogenated alkanes) is 2. The van der Waals surface area contributed by atoms with E-state index in [9.17, 15) is 35.4 Å². The Bertz CT molecular complexity index is 1430. The fourth-order valence-corrected chi connectivity index (χ4v) is 7.99. The Hall–Kier alpha value is -3.01. The molecule has 2 aromatic carbocycles. The summed E-state index contributed by atoms with van der Waals surface area (Å²) in [5.74, 6) is 0.259. The highest BCUT2D eigenvalue weighted by Gasteiger charge is 2.32. The van der Waals surface area contributed by atoms with Gasteiger partial charge >= 0.3 is 5.97 Å². The molecule has 0 aliphatic heterocycles. The fourth-order valence-electron chi connectivity index (χ4n) is 7.99. The summed E-state index contributed by atoms with van der Waals surface area (Å²) in [7, 11) is 0. The van der Waals surface area contributed by atoms with Crippen LogP contribution in [0.4, 0.5) is 0 Å². The minimum Gasteiger partial charge on any atom is -0.508 e. The molecule has 0 bridgehead atoms. The highest BCUT2D eigenvalue weighted by atomic mass is 16.4. The number of carbonyl (C=O) groups is 1. The van der Waals surface area contributed by atoms with Gasteiger partial charge in [-0.05, 0) is 116 Å². The van der Waals surface area contributed by atoms with Crippen molar-refractivity contribution in [3.8, 4) is 5.75 Å². The lowest BCUT2D eigenvalue weighted by Crippen LogP contribution is -2.48. The topological polar surface area (TPSA) is 150 Å². The van der Waals surface area contributed by atoms with Crippen LogP contribution < -0.4 is 5.32 Å². The Labute approximate surface area is 325 Å². The van der Waals surface area contributed by atoms with Crippen molar-refractivity contribution in [2.45, 2.75) is 154 Å². The van der Waals surface area contributed by atoms with Crippen molar-refractivity contribution in [3.63, 3.8) is 0 Å². The lowest BCUT2D eigenvalue weighted by molar-refractivity contribution is -0.137. The van der Waals surface area contributed by atoms with Crippen LogP contribution in [-0.2, 0) is 24.1 Å². The van der Waals surface area contributed by atoms with Crippen LogP contribution in [0.15, 0.2) is 71.8 Å². The van der Waals surface area contributed by atoms with Gasteiger partial charge in [0.25, 0.3) is 0 Å². The lowest BCUT2D eigenvalue weighted by atomic mass is 9.76. The summed E-state index contributed by atoms with van der Waals surface area (Å²) < 4.78 is 0. The zero-order valence-corrected chi connectivity index (χ0v) is 33.6. The average Bonchev–Trinajstić information content (AvgIpc) is 3.13. The molecule has 8 nitrogen and oxygen atoms in total. The molecule has 3 rings (SSSR count). The Balaban J connectivity index is 2.13. The van der Waals surface area contributed by atoms with E-state index < -0.39 is 23.8 Å². The van der Waals surface area contributed by atoms with Gasteiger partial charge in [-0.15, -0.1) is 0 Å². The number of nitrogens with one attached hydrogen (secondary N) is 1. The van der Waals surface area contributed by atoms with Crippen molar-refractivity contribution in [1.29, 1.82) is 0 Å². The first kappa shape index (κ1) is 45.4. The van der Waals surface area contributed by atoms with Gasteiger partial charge in [0.15, 0.2) is 0 Å². The highest BCUT2D eigenvalue weighted by molar-refractivity contribution is 5.66. The molecule has 0 spiro atoms. The number of aromatic hydroxyl groups is 1. The summed E-state index contributed by atoms with van der Waals surface area (Å²) in [6, 6.07) is 15.2. The molecule has 0 saturated carbocycles. The molecule has 0 amide bonds.